The molecule has 2 heterocycles. The highest BCUT2D eigenvalue weighted by Gasteiger charge is 1.99. The van der Waals surface area contributed by atoms with Gasteiger partial charge in [-0.25, -0.2) is 0 Å². The molecule has 3 heteroatoms. The third-order valence-electron chi connectivity index (χ3n) is 1.11. The van der Waals surface area contributed by atoms with E-state index in [2.05, 4.69) is 15.9 Å². The van der Waals surface area contributed by atoms with Crippen molar-refractivity contribution < 1.29 is 4.42 Å². The minimum absolute atomic E-state index is 0.965. The molecule has 0 radical (unpaired) electrons. The molecule has 0 amide bonds. The second-order valence-electron chi connectivity index (χ2n) is 1.70. The molecule has 1 nitrogen and oxygen atoms in total. The van der Waals surface area contributed by atoms with Crippen LogP contribution >= 0.6 is 27.3 Å². The van der Waals surface area contributed by atoms with Crippen molar-refractivity contribution in [3.63, 3.8) is 0 Å². The first-order valence-corrected chi connectivity index (χ1v) is 4.10. The van der Waals surface area contributed by atoms with E-state index in [1.54, 1.807) is 17.6 Å². The molecule has 0 bridgehead atoms. The van der Waals surface area contributed by atoms with Gasteiger partial charge in [-0.2, -0.15) is 0 Å². The summed E-state index contributed by atoms with van der Waals surface area (Å²) in [6.07, 6.45) is 1.70. The monoisotopic (exact) mass is 202 g/mol. The molecule has 0 spiro atoms. The normalized spacial score (nSPS) is 10.8. The van der Waals surface area contributed by atoms with E-state index in [0.29, 0.717) is 0 Å². The van der Waals surface area contributed by atoms with Gasteiger partial charge in [-0.1, -0.05) is 0 Å². The smallest absolute Gasteiger partial charge is 0.145 e. The highest BCUT2D eigenvalue weighted by molar-refractivity contribution is 9.11. The van der Waals surface area contributed by atoms with Crippen molar-refractivity contribution in [2.24, 2.45) is 0 Å². The van der Waals surface area contributed by atoms with Gasteiger partial charge in [0, 0.05) is 6.07 Å². The lowest BCUT2D eigenvalue weighted by molar-refractivity contribution is 0.616. The zero-order chi connectivity index (χ0) is 6.27. The number of hydrogen-bond acceptors (Lipinski definition) is 2. The molecule has 0 aliphatic rings. The van der Waals surface area contributed by atoms with Gasteiger partial charge in [-0.15, -0.1) is 11.3 Å². The zero-order valence-corrected chi connectivity index (χ0v) is 6.83. The maximum Gasteiger partial charge on any atom is 0.145 e. The summed E-state index contributed by atoms with van der Waals surface area (Å²) < 4.78 is 7.44. The summed E-state index contributed by atoms with van der Waals surface area (Å²) in [5, 5.41) is 0. The van der Waals surface area contributed by atoms with Crippen LogP contribution in [0.2, 0.25) is 0 Å². The molecule has 0 saturated carbocycles. The van der Waals surface area contributed by atoms with Gasteiger partial charge in [0.1, 0.15) is 5.58 Å². The fourth-order valence-corrected chi connectivity index (χ4v) is 2.17. The number of rotatable bonds is 0. The molecule has 0 saturated heterocycles. The van der Waals surface area contributed by atoms with Crippen molar-refractivity contribution >= 4 is 37.5 Å². The van der Waals surface area contributed by atoms with Crippen LogP contribution in [0.15, 0.2) is 26.6 Å². The van der Waals surface area contributed by atoms with Gasteiger partial charge in [0.05, 0.1) is 14.7 Å². The van der Waals surface area contributed by atoms with Crippen LogP contribution in [0.3, 0.4) is 0 Å². The van der Waals surface area contributed by atoms with Crippen LogP contribution < -0.4 is 0 Å². The fourth-order valence-electron chi connectivity index (χ4n) is 0.736. The van der Waals surface area contributed by atoms with E-state index in [1.165, 1.54) is 4.70 Å². The van der Waals surface area contributed by atoms with Gasteiger partial charge < -0.3 is 4.42 Å². The molecule has 0 aliphatic heterocycles. The maximum atomic E-state index is 5.12. The van der Waals surface area contributed by atoms with Gasteiger partial charge in [0.15, 0.2) is 0 Å². The average molecular weight is 203 g/mol. The highest BCUT2D eigenvalue weighted by Crippen LogP contribution is 2.29. The number of halogens is 1. The minimum Gasteiger partial charge on any atom is -0.463 e. The van der Waals surface area contributed by atoms with E-state index in [9.17, 15) is 0 Å². The van der Waals surface area contributed by atoms with Gasteiger partial charge in [-0.3, -0.25) is 0 Å². The van der Waals surface area contributed by atoms with Crippen LogP contribution in [0.25, 0.3) is 10.3 Å². The van der Waals surface area contributed by atoms with Gasteiger partial charge >= 0.3 is 0 Å². The van der Waals surface area contributed by atoms with Crippen molar-refractivity contribution in [1.82, 2.24) is 0 Å². The third kappa shape index (κ3) is 0.804. The first-order chi connectivity index (χ1) is 4.36. The first-order valence-electron chi connectivity index (χ1n) is 2.49. The molecule has 9 heavy (non-hydrogen) atoms. The predicted molar refractivity (Wildman–Crippen MR) is 41.8 cm³/mol. The van der Waals surface area contributed by atoms with Crippen LogP contribution in [0, 0.1) is 0 Å². The summed E-state index contributed by atoms with van der Waals surface area (Å²) in [4.78, 5) is 0. The summed E-state index contributed by atoms with van der Waals surface area (Å²) in [5.41, 5.74) is 0.965. The number of hydrogen-bond donors (Lipinski definition) is 0. The second kappa shape index (κ2) is 1.85. The number of thiophene rings is 1. The maximum absolute atomic E-state index is 5.12. The van der Waals surface area contributed by atoms with Crippen LogP contribution in [-0.2, 0) is 0 Å². The lowest BCUT2D eigenvalue weighted by atomic mass is 10.5. The number of furan rings is 1. The first kappa shape index (κ1) is 5.50. The van der Waals surface area contributed by atoms with E-state index in [0.717, 1.165) is 9.37 Å². The Morgan fingerprint density at radius 2 is 2.44 bits per heavy atom. The summed E-state index contributed by atoms with van der Waals surface area (Å²) in [5.74, 6) is 0. The highest BCUT2D eigenvalue weighted by atomic mass is 79.9. The third-order valence-corrected chi connectivity index (χ3v) is 2.69. The predicted octanol–water partition coefficient (Wildman–Crippen LogP) is 3.26. The van der Waals surface area contributed by atoms with Crippen molar-refractivity contribution in [2.75, 3.05) is 0 Å². The van der Waals surface area contributed by atoms with Crippen LogP contribution in [0.1, 0.15) is 0 Å². The van der Waals surface area contributed by atoms with Crippen molar-refractivity contribution in [3.8, 4) is 0 Å². The Balaban J connectivity index is 2.92. The molecule has 0 aromatic carbocycles. The topological polar surface area (TPSA) is 13.1 Å². The fraction of sp³-hybridized carbons (Fsp3) is 0. The molecule has 2 rings (SSSR count). The second-order valence-corrected chi connectivity index (χ2v) is 4.16. The van der Waals surface area contributed by atoms with Gasteiger partial charge in [0.25, 0.3) is 0 Å². The Kier molecular flexibility index (Phi) is 1.13. The molecule has 46 valence electrons. The molecule has 2 aromatic rings. The Hall–Kier alpha value is -0.280. The van der Waals surface area contributed by atoms with E-state index >= 15 is 0 Å². The summed E-state index contributed by atoms with van der Waals surface area (Å²) in [7, 11) is 0. The molecular weight excluding hydrogens is 200 g/mol. The summed E-state index contributed by atoms with van der Waals surface area (Å²) >= 11 is 5.04. The largest absolute Gasteiger partial charge is 0.463 e. The molecule has 0 N–H and O–H groups in total. The van der Waals surface area contributed by atoms with Crippen LogP contribution in [0.4, 0.5) is 0 Å². The van der Waals surface area contributed by atoms with Gasteiger partial charge in [-0.05, 0) is 22.0 Å². The molecule has 0 fully saturated rings. The van der Waals surface area contributed by atoms with E-state index in [1.807, 2.05) is 12.1 Å². The summed E-state index contributed by atoms with van der Waals surface area (Å²) in [6, 6.07) is 3.94. The molecule has 0 atom stereocenters. The standard InChI is InChI=1S/C6H3BrOS/c7-6-3-4-5(9-6)1-2-8-4/h1-3H. The lowest BCUT2D eigenvalue weighted by Crippen LogP contribution is -1.39. The van der Waals surface area contributed by atoms with Crippen LogP contribution in [-0.4, -0.2) is 0 Å². The lowest BCUT2D eigenvalue weighted by Gasteiger charge is -1.67. The molecule has 0 unspecified atom stereocenters. The van der Waals surface area contributed by atoms with Crippen LogP contribution in [0.5, 0.6) is 0 Å². The quantitative estimate of drug-likeness (QED) is 0.640. The zero-order valence-electron chi connectivity index (χ0n) is 4.43. The van der Waals surface area contributed by atoms with Crippen molar-refractivity contribution in [3.05, 3.63) is 22.2 Å². The number of fused-ring (bicyclic) bond motifs is 1. The Labute approximate surface area is 64.4 Å². The SMILES string of the molecule is Brc1cc2occc2s1. The van der Waals surface area contributed by atoms with E-state index in [-0.39, 0.29) is 0 Å². The van der Waals surface area contributed by atoms with E-state index < -0.39 is 0 Å². The Bertz CT molecular complexity index is 294. The van der Waals surface area contributed by atoms with Crippen molar-refractivity contribution in [1.29, 1.82) is 0 Å². The van der Waals surface area contributed by atoms with Gasteiger partial charge in [0.2, 0.25) is 0 Å². The minimum atomic E-state index is 0.965. The molecule has 2 aromatic heterocycles. The molecular formula is C6H3BrOS. The molecule has 0 aliphatic carbocycles. The summed E-state index contributed by atoms with van der Waals surface area (Å²) in [6.45, 7) is 0. The average Bonchev–Trinajstić information content (AvgIpc) is 2.22. The van der Waals surface area contributed by atoms with E-state index in [4.69, 9.17) is 4.42 Å². The Morgan fingerprint density at radius 3 is 3.22 bits per heavy atom. The Morgan fingerprint density at radius 1 is 1.56 bits per heavy atom. The van der Waals surface area contributed by atoms with Crippen molar-refractivity contribution in [2.45, 2.75) is 0 Å².